The van der Waals surface area contributed by atoms with Crippen LogP contribution in [0.5, 0.6) is 0 Å². The molecule has 178 valence electrons. The van der Waals surface area contributed by atoms with Crippen LogP contribution in [0.4, 0.5) is 5.13 Å². The van der Waals surface area contributed by atoms with Crippen molar-refractivity contribution in [3.8, 4) is 33.8 Å². The molecular weight excluding hydrogens is 486 g/mol. The van der Waals surface area contributed by atoms with Crippen LogP contribution in [0.15, 0.2) is 95.5 Å². The standard InChI is InChI=1S/C28H23N5OS2/c1-18-13-15-20(16-14-18)23-17-35-27(29-23)31-26(34)19(2)36-28-30-24(21-9-5-3-6-10-21)25(32-33-28)22-11-7-4-8-12-22/h3-17,19H,1-2H3,(H,29,31,34). The van der Waals surface area contributed by atoms with E-state index in [0.29, 0.717) is 16.0 Å². The Morgan fingerprint density at radius 3 is 2.11 bits per heavy atom. The van der Waals surface area contributed by atoms with Crippen LogP contribution in [0.3, 0.4) is 0 Å². The summed E-state index contributed by atoms with van der Waals surface area (Å²) in [5.41, 5.74) is 6.36. The molecule has 6 nitrogen and oxygen atoms in total. The first-order valence-electron chi connectivity index (χ1n) is 11.4. The van der Waals surface area contributed by atoms with Crippen molar-refractivity contribution >= 4 is 34.1 Å². The number of hydrogen-bond donors (Lipinski definition) is 1. The maximum absolute atomic E-state index is 12.9. The molecule has 0 aliphatic heterocycles. The number of anilines is 1. The fourth-order valence-electron chi connectivity index (χ4n) is 3.56. The first kappa shape index (κ1) is 23.8. The number of aromatic nitrogens is 4. The number of amides is 1. The molecule has 1 atom stereocenters. The molecule has 0 bridgehead atoms. The van der Waals surface area contributed by atoms with Crippen molar-refractivity contribution in [2.75, 3.05) is 5.32 Å². The van der Waals surface area contributed by atoms with E-state index >= 15 is 0 Å². The number of aryl methyl sites for hydroxylation is 1. The van der Waals surface area contributed by atoms with Gasteiger partial charge < -0.3 is 5.32 Å². The van der Waals surface area contributed by atoms with E-state index in [9.17, 15) is 4.79 Å². The molecule has 0 aliphatic carbocycles. The summed E-state index contributed by atoms with van der Waals surface area (Å²) in [7, 11) is 0. The quantitative estimate of drug-likeness (QED) is 0.244. The average Bonchev–Trinajstić information content (AvgIpc) is 3.38. The monoisotopic (exact) mass is 509 g/mol. The molecule has 0 radical (unpaired) electrons. The summed E-state index contributed by atoms with van der Waals surface area (Å²) in [5, 5.41) is 14.2. The van der Waals surface area contributed by atoms with Crippen molar-refractivity contribution in [2.45, 2.75) is 24.3 Å². The SMILES string of the molecule is Cc1ccc(-c2csc(NC(=O)C(C)Sc3nnc(-c4ccccc4)c(-c4ccccc4)n3)n2)cc1. The molecule has 0 fully saturated rings. The summed E-state index contributed by atoms with van der Waals surface area (Å²) in [6.45, 7) is 3.87. The maximum Gasteiger partial charge on any atom is 0.239 e. The number of benzene rings is 3. The molecule has 0 saturated heterocycles. The minimum Gasteiger partial charge on any atom is -0.301 e. The van der Waals surface area contributed by atoms with Gasteiger partial charge in [-0.1, -0.05) is 102 Å². The van der Waals surface area contributed by atoms with E-state index in [0.717, 1.165) is 28.1 Å². The number of nitrogens with one attached hydrogen (secondary N) is 1. The lowest BCUT2D eigenvalue weighted by Gasteiger charge is -2.12. The number of hydrogen-bond acceptors (Lipinski definition) is 7. The first-order valence-corrected chi connectivity index (χ1v) is 13.2. The zero-order valence-corrected chi connectivity index (χ0v) is 21.4. The van der Waals surface area contributed by atoms with Gasteiger partial charge in [-0.3, -0.25) is 4.79 Å². The van der Waals surface area contributed by atoms with E-state index < -0.39 is 5.25 Å². The van der Waals surface area contributed by atoms with Crippen LogP contribution in [0.1, 0.15) is 12.5 Å². The number of thioether (sulfide) groups is 1. The Labute approximate surface area is 217 Å². The maximum atomic E-state index is 12.9. The third-order valence-corrected chi connectivity index (χ3v) is 7.20. The van der Waals surface area contributed by atoms with Gasteiger partial charge in [-0.25, -0.2) is 9.97 Å². The number of thiazole rings is 1. The van der Waals surface area contributed by atoms with Crippen molar-refractivity contribution in [2.24, 2.45) is 0 Å². The third-order valence-electron chi connectivity index (χ3n) is 5.49. The molecule has 36 heavy (non-hydrogen) atoms. The van der Waals surface area contributed by atoms with Gasteiger partial charge in [0.25, 0.3) is 0 Å². The minimum atomic E-state index is -0.440. The van der Waals surface area contributed by atoms with E-state index in [4.69, 9.17) is 4.98 Å². The van der Waals surface area contributed by atoms with Crippen molar-refractivity contribution in [1.29, 1.82) is 0 Å². The summed E-state index contributed by atoms with van der Waals surface area (Å²) >= 11 is 2.67. The van der Waals surface area contributed by atoms with Crippen LogP contribution in [0, 0.1) is 6.92 Å². The summed E-state index contributed by atoms with van der Waals surface area (Å²) in [4.78, 5) is 22.3. The highest BCUT2D eigenvalue weighted by molar-refractivity contribution is 8.00. The molecule has 0 spiro atoms. The molecule has 1 amide bonds. The number of rotatable bonds is 7. The molecule has 1 N–H and O–H groups in total. The lowest BCUT2D eigenvalue weighted by atomic mass is 10.0. The van der Waals surface area contributed by atoms with E-state index in [1.54, 1.807) is 0 Å². The molecular formula is C28H23N5OS2. The van der Waals surface area contributed by atoms with Crippen molar-refractivity contribution < 1.29 is 4.79 Å². The minimum absolute atomic E-state index is 0.165. The molecule has 1 unspecified atom stereocenters. The molecule has 3 aromatic carbocycles. The van der Waals surface area contributed by atoms with Gasteiger partial charge in [0.15, 0.2) is 5.13 Å². The Morgan fingerprint density at radius 2 is 1.44 bits per heavy atom. The van der Waals surface area contributed by atoms with E-state index in [2.05, 4.69) is 20.5 Å². The predicted octanol–water partition coefficient (Wildman–Crippen LogP) is 6.76. The van der Waals surface area contributed by atoms with Gasteiger partial charge in [0.2, 0.25) is 11.1 Å². The predicted molar refractivity (Wildman–Crippen MR) is 147 cm³/mol. The summed E-state index contributed by atoms with van der Waals surface area (Å²) in [6.07, 6.45) is 0. The molecule has 0 saturated carbocycles. The van der Waals surface area contributed by atoms with Crippen LogP contribution < -0.4 is 5.32 Å². The first-order chi connectivity index (χ1) is 17.6. The Hall–Kier alpha value is -3.88. The van der Waals surface area contributed by atoms with Gasteiger partial charge in [0.1, 0.15) is 11.4 Å². The fourth-order valence-corrected chi connectivity index (χ4v) is 4.99. The van der Waals surface area contributed by atoms with Crippen molar-refractivity contribution in [3.05, 3.63) is 95.9 Å². The Morgan fingerprint density at radius 1 is 0.806 bits per heavy atom. The van der Waals surface area contributed by atoms with E-state index in [1.807, 2.05) is 104 Å². The van der Waals surface area contributed by atoms with Crippen LogP contribution >= 0.6 is 23.1 Å². The highest BCUT2D eigenvalue weighted by atomic mass is 32.2. The summed E-state index contributed by atoms with van der Waals surface area (Å²) < 4.78 is 0. The van der Waals surface area contributed by atoms with Gasteiger partial charge >= 0.3 is 0 Å². The summed E-state index contributed by atoms with van der Waals surface area (Å²) in [5.74, 6) is -0.165. The third kappa shape index (κ3) is 5.50. The van der Waals surface area contributed by atoms with Gasteiger partial charge in [0.05, 0.1) is 10.9 Å². The zero-order valence-electron chi connectivity index (χ0n) is 19.8. The van der Waals surface area contributed by atoms with Crippen LogP contribution in [0.25, 0.3) is 33.8 Å². The fraction of sp³-hybridized carbons (Fsp3) is 0.107. The van der Waals surface area contributed by atoms with Crippen molar-refractivity contribution in [3.63, 3.8) is 0 Å². The number of carbonyl (C=O) groups is 1. The lowest BCUT2D eigenvalue weighted by Crippen LogP contribution is -2.22. The zero-order chi connectivity index (χ0) is 24.9. The normalized spacial score (nSPS) is 11.7. The molecule has 5 aromatic rings. The summed E-state index contributed by atoms with van der Waals surface area (Å²) in [6, 6.07) is 27.9. The van der Waals surface area contributed by atoms with E-state index in [1.165, 1.54) is 28.7 Å². The second kappa shape index (κ2) is 10.8. The van der Waals surface area contributed by atoms with Crippen LogP contribution in [0.2, 0.25) is 0 Å². The van der Waals surface area contributed by atoms with Gasteiger partial charge in [0, 0.05) is 22.1 Å². The second-order valence-corrected chi connectivity index (χ2v) is 10.3. The number of nitrogens with zero attached hydrogens (tertiary/aromatic N) is 4. The largest absolute Gasteiger partial charge is 0.301 e. The average molecular weight is 510 g/mol. The molecule has 5 rings (SSSR count). The Bertz CT molecular complexity index is 1470. The highest BCUT2D eigenvalue weighted by Crippen LogP contribution is 2.31. The Balaban J connectivity index is 1.33. The number of carbonyl (C=O) groups excluding carboxylic acids is 1. The molecule has 2 aromatic heterocycles. The Kier molecular flexibility index (Phi) is 7.16. The van der Waals surface area contributed by atoms with Gasteiger partial charge in [-0.15, -0.1) is 21.5 Å². The topological polar surface area (TPSA) is 80.7 Å². The highest BCUT2D eigenvalue weighted by Gasteiger charge is 2.20. The van der Waals surface area contributed by atoms with Crippen molar-refractivity contribution in [1.82, 2.24) is 20.2 Å². The van der Waals surface area contributed by atoms with Crippen LogP contribution in [-0.2, 0) is 4.79 Å². The smallest absolute Gasteiger partial charge is 0.239 e. The van der Waals surface area contributed by atoms with Crippen LogP contribution in [-0.4, -0.2) is 31.3 Å². The van der Waals surface area contributed by atoms with Gasteiger partial charge in [-0.05, 0) is 13.8 Å². The lowest BCUT2D eigenvalue weighted by molar-refractivity contribution is -0.115. The molecule has 8 heteroatoms. The van der Waals surface area contributed by atoms with Gasteiger partial charge in [-0.2, -0.15) is 0 Å². The second-order valence-electron chi connectivity index (χ2n) is 8.18. The molecule has 0 aliphatic rings. The molecule has 2 heterocycles. The van der Waals surface area contributed by atoms with E-state index in [-0.39, 0.29) is 5.91 Å².